The largest absolute Gasteiger partial charge is 0.459 e. The fourth-order valence-corrected chi connectivity index (χ4v) is 1.85. The van der Waals surface area contributed by atoms with Gasteiger partial charge in [-0.15, -0.1) is 0 Å². The van der Waals surface area contributed by atoms with Gasteiger partial charge in [0.2, 0.25) is 0 Å². The zero-order valence-electron chi connectivity index (χ0n) is 9.30. The molecule has 0 bridgehead atoms. The average molecular weight is 261 g/mol. The molecular weight excluding hydrogens is 247 g/mol. The predicted molar refractivity (Wildman–Crippen MR) is 66.2 cm³/mol. The van der Waals surface area contributed by atoms with E-state index in [0.29, 0.717) is 15.6 Å². The Kier molecular flexibility index (Phi) is 5.10. The van der Waals surface area contributed by atoms with Crippen LogP contribution < -0.4 is 0 Å². The van der Waals surface area contributed by atoms with Gasteiger partial charge in [-0.1, -0.05) is 36.5 Å². The summed E-state index contributed by atoms with van der Waals surface area (Å²) in [5.41, 5.74) is 0.356. The minimum absolute atomic E-state index is 0.0933. The number of carbonyl (C=O) groups is 1. The van der Waals surface area contributed by atoms with Crippen LogP contribution in [0.2, 0.25) is 10.0 Å². The summed E-state index contributed by atoms with van der Waals surface area (Å²) in [6.07, 6.45) is 1.73. The molecule has 0 heterocycles. The molecule has 2 nitrogen and oxygen atoms in total. The van der Waals surface area contributed by atoms with E-state index in [-0.39, 0.29) is 6.10 Å². The molecule has 0 saturated heterocycles. The fourth-order valence-electron chi connectivity index (χ4n) is 1.37. The van der Waals surface area contributed by atoms with Crippen LogP contribution >= 0.6 is 23.2 Å². The quantitative estimate of drug-likeness (QED) is 0.753. The maximum Gasteiger partial charge on any atom is 0.339 e. The zero-order valence-corrected chi connectivity index (χ0v) is 10.8. The Balaban J connectivity index is 2.73. The van der Waals surface area contributed by atoms with E-state index in [2.05, 4.69) is 0 Å². The number of benzene rings is 1. The van der Waals surface area contributed by atoms with Gasteiger partial charge >= 0.3 is 5.97 Å². The molecule has 1 aromatic rings. The molecule has 1 aromatic carbocycles. The van der Waals surface area contributed by atoms with Crippen LogP contribution in [-0.4, -0.2) is 12.1 Å². The number of rotatable bonds is 4. The number of esters is 1. The molecule has 0 aromatic heterocycles. The fraction of sp³-hybridized carbons (Fsp3) is 0.417. The van der Waals surface area contributed by atoms with Gasteiger partial charge in [0.1, 0.15) is 0 Å². The smallest absolute Gasteiger partial charge is 0.339 e. The molecule has 1 rings (SSSR count). The molecule has 0 aliphatic carbocycles. The molecular formula is C12H14Cl2O2. The highest BCUT2D eigenvalue weighted by atomic mass is 35.5. The lowest BCUT2D eigenvalue weighted by molar-refractivity contribution is 0.0323. The van der Waals surface area contributed by atoms with Gasteiger partial charge < -0.3 is 4.74 Å². The maximum atomic E-state index is 11.7. The Morgan fingerprint density at radius 2 is 2.12 bits per heavy atom. The van der Waals surface area contributed by atoms with E-state index in [9.17, 15) is 4.79 Å². The Bertz CT molecular complexity index is 377. The number of hydrogen-bond acceptors (Lipinski definition) is 2. The van der Waals surface area contributed by atoms with Crippen molar-refractivity contribution >= 4 is 29.2 Å². The molecule has 0 N–H and O–H groups in total. The van der Waals surface area contributed by atoms with Crippen molar-refractivity contribution in [3.63, 3.8) is 0 Å². The van der Waals surface area contributed by atoms with Crippen LogP contribution in [0.1, 0.15) is 37.0 Å². The Morgan fingerprint density at radius 1 is 1.44 bits per heavy atom. The molecule has 0 spiro atoms. The molecule has 1 unspecified atom stereocenters. The van der Waals surface area contributed by atoms with Gasteiger partial charge in [0.05, 0.1) is 16.7 Å². The summed E-state index contributed by atoms with van der Waals surface area (Å²) >= 11 is 11.6. The average Bonchev–Trinajstić information content (AvgIpc) is 2.17. The van der Waals surface area contributed by atoms with Gasteiger partial charge in [-0.05, 0) is 31.5 Å². The summed E-state index contributed by atoms with van der Waals surface area (Å²) in [4.78, 5) is 11.7. The van der Waals surface area contributed by atoms with Crippen LogP contribution in [0, 0.1) is 0 Å². The Hall–Kier alpha value is -0.730. The van der Waals surface area contributed by atoms with Crippen LogP contribution in [0.4, 0.5) is 0 Å². The molecule has 0 fully saturated rings. The van der Waals surface area contributed by atoms with Gasteiger partial charge in [-0.2, -0.15) is 0 Å². The first-order valence-electron chi connectivity index (χ1n) is 5.20. The minimum atomic E-state index is -0.400. The van der Waals surface area contributed by atoms with E-state index >= 15 is 0 Å². The summed E-state index contributed by atoms with van der Waals surface area (Å²) in [5.74, 6) is -0.400. The Morgan fingerprint density at radius 3 is 2.69 bits per heavy atom. The van der Waals surface area contributed by atoms with Gasteiger partial charge in [0.15, 0.2) is 0 Å². The van der Waals surface area contributed by atoms with Crippen molar-refractivity contribution in [2.24, 2.45) is 0 Å². The summed E-state index contributed by atoms with van der Waals surface area (Å²) in [6.45, 7) is 3.91. The van der Waals surface area contributed by atoms with Gasteiger partial charge in [0, 0.05) is 5.02 Å². The molecule has 0 aliphatic heterocycles. The van der Waals surface area contributed by atoms with Crippen molar-refractivity contribution in [3.8, 4) is 0 Å². The van der Waals surface area contributed by atoms with E-state index < -0.39 is 5.97 Å². The molecule has 1 atom stereocenters. The lowest BCUT2D eigenvalue weighted by Gasteiger charge is -2.12. The Labute approximate surface area is 106 Å². The lowest BCUT2D eigenvalue weighted by Crippen LogP contribution is -2.15. The second kappa shape index (κ2) is 6.12. The summed E-state index contributed by atoms with van der Waals surface area (Å²) < 4.78 is 5.23. The third-order valence-electron chi connectivity index (χ3n) is 2.15. The van der Waals surface area contributed by atoms with Crippen molar-refractivity contribution in [1.82, 2.24) is 0 Å². The number of ether oxygens (including phenoxy) is 1. The van der Waals surface area contributed by atoms with Crippen molar-refractivity contribution in [1.29, 1.82) is 0 Å². The first-order valence-corrected chi connectivity index (χ1v) is 5.96. The van der Waals surface area contributed by atoms with Gasteiger partial charge in [0.25, 0.3) is 0 Å². The third kappa shape index (κ3) is 3.69. The summed E-state index contributed by atoms with van der Waals surface area (Å²) in [7, 11) is 0. The maximum absolute atomic E-state index is 11.7. The van der Waals surface area contributed by atoms with E-state index in [1.54, 1.807) is 12.1 Å². The van der Waals surface area contributed by atoms with Crippen molar-refractivity contribution in [2.45, 2.75) is 32.8 Å². The molecule has 16 heavy (non-hydrogen) atoms. The highest BCUT2D eigenvalue weighted by Gasteiger charge is 2.14. The zero-order chi connectivity index (χ0) is 12.1. The van der Waals surface area contributed by atoms with E-state index in [1.165, 1.54) is 6.07 Å². The molecule has 0 amide bonds. The second-order valence-corrected chi connectivity index (χ2v) is 4.47. The molecule has 0 saturated carbocycles. The number of carbonyl (C=O) groups excluding carboxylic acids is 1. The SMILES string of the molecule is CCCC(C)OC(=O)c1ccc(Cl)cc1Cl. The third-order valence-corrected chi connectivity index (χ3v) is 2.70. The van der Waals surface area contributed by atoms with Crippen molar-refractivity contribution < 1.29 is 9.53 Å². The standard InChI is InChI=1S/C12H14Cl2O2/c1-3-4-8(2)16-12(15)10-6-5-9(13)7-11(10)14/h5-8H,3-4H2,1-2H3. The number of halogens is 2. The van der Waals surface area contributed by atoms with Crippen LogP contribution in [0.15, 0.2) is 18.2 Å². The van der Waals surface area contributed by atoms with Crippen LogP contribution in [0.5, 0.6) is 0 Å². The highest BCUT2D eigenvalue weighted by molar-refractivity contribution is 6.36. The van der Waals surface area contributed by atoms with Gasteiger partial charge in [-0.3, -0.25) is 0 Å². The molecule has 0 aliphatic rings. The first-order chi connectivity index (χ1) is 7.54. The van der Waals surface area contributed by atoms with Crippen LogP contribution in [0.3, 0.4) is 0 Å². The normalized spacial score (nSPS) is 12.2. The lowest BCUT2D eigenvalue weighted by atomic mass is 10.2. The van der Waals surface area contributed by atoms with E-state index in [4.69, 9.17) is 27.9 Å². The number of hydrogen-bond donors (Lipinski definition) is 0. The second-order valence-electron chi connectivity index (χ2n) is 3.63. The molecule has 88 valence electrons. The topological polar surface area (TPSA) is 26.3 Å². The molecule has 0 radical (unpaired) electrons. The molecule has 4 heteroatoms. The van der Waals surface area contributed by atoms with Crippen LogP contribution in [0.25, 0.3) is 0 Å². The minimum Gasteiger partial charge on any atom is -0.459 e. The van der Waals surface area contributed by atoms with Crippen molar-refractivity contribution in [3.05, 3.63) is 33.8 Å². The van der Waals surface area contributed by atoms with Crippen LogP contribution in [-0.2, 0) is 4.74 Å². The first kappa shape index (κ1) is 13.3. The summed E-state index contributed by atoms with van der Waals surface area (Å²) in [6, 6.07) is 4.73. The summed E-state index contributed by atoms with van der Waals surface area (Å²) in [5, 5.41) is 0.823. The van der Waals surface area contributed by atoms with E-state index in [1.807, 2.05) is 13.8 Å². The van der Waals surface area contributed by atoms with Gasteiger partial charge in [-0.25, -0.2) is 4.79 Å². The predicted octanol–water partition coefficient (Wildman–Crippen LogP) is 4.34. The monoisotopic (exact) mass is 260 g/mol. The van der Waals surface area contributed by atoms with E-state index in [0.717, 1.165) is 12.8 Å². The van der Waals surface area contributed by atoms with Crippen molar-refractivity contribution in [2.75, 3.05) is 0 Å². The highest BCUT2D eigenvalue weighted by Crippen LogP contribution is 2.22.